The van der Waals surface area contributed by atoms with E-state index in [1.54, 1.807) is 24.3 Å². The maximum atomic E-state index is 12.0. The lowest BCUT2D eigenvalue weighted by Crippen LogP contribution is -2.10. The van der Waals surface area contributed by atoms with Gasteiger partial charge in [-0.3, -0.25) is 4.79 Å². The lowest BCUT2D eigenvalue weighted by Gasteiger charge is -2.08. The molecule has 0 unspecified atom stereocenters. The van der Waals surface area contributed by atoms with Crippen molar-refractivity contribution in [3.05, 3.63) is 71.5 Å². The number of hydrogen-bond acceptors (Lipinski definition) is 8. The summed E-state index contributed by atoms with van der Waals surface area (Å²) in [5.41, 5.74) is 7.93. The first kappa shape index (κ1) is 18.8. The van der Waals surface area contributed by atoms with Crippen LogP contribution < -0.4 is 11.1 Å². The fourth-order valence-corrected chi connectivity index (χ4v) is 2.38. The predicted molar refractivity (Wildman–Crippen MR) is 103 cm³/mol. The molecule has 0 amide bonds. The molecule has 0 saturated heterocycles. The van der Waals surface area contributed by atoms with E-state index in [1.165, 1.54) is 0 Å². The Morgan fingerprint density at radius 2 is 1.82 bits per heavy atom. The van der Waals surface area contributed by atoms with E-state index in [-0.39, 0.29) is 31.4 Å². The van der Waals surface area contributed by atoms with Gasteiger partial charge in [-0.05, 0) is 29.8 Å². The van der Waals surface area contributed by atoms with Gasteiger partial charge in [0.25, 0.3) is 0 Å². The monoisotopic (exact) mass is 374 g/mol. The van der Waals surface area contributed by atoms with Crippen molar-refractivity contribution in [1.82, 2.24) is 15.0 Å². The molecule has 0 aliphatic rings. The predicted octanol–water partition coefficient (Wildman–Crippen LogP) is 2.75. The molecule has 0 spiro atoms. The Kier molecular flexibility index (Phi) is 6.10. The minimum Gasteiger partial charge on any atom is -0.461 e. The van der Waals surface area contributed by atoms with Gasteiger partial charge in [-0.15, -0.1) is 0 Å². The van der Waals surface area contributed by atoms with Crippen LogP contribution in [0, 0.1) is 11.3 Å². The number of carbonyl (C=O) groups excluding carboxylic acids is 1. The summed E-state index contributed by atoms with van der Waals surface area (Å²) in [6, 6.07) is 18.3. The average Bonchev–Trinajstić information content (AvgIpc) is 2.71. The molecule has 8 heteroatoms. The van der Waals surface area contributed by atoms with Crippen LogP contribution in [0.5, 0.6) is 0 Å². The third-order valence-electron chi connectivity index (χ3n) is 3.76. The number of anilines is 3. The van der Waals surface area contributed by atoms with Crippen molar-refractivity contribution < 1.29 is 9.53 Å². The van der Waals surface area contributed by atoms with Crippen molar-refractivity contribution in [2.45, 2.75) is 19.4 Å². The number of aromatic nitrogens is 3. The molecule has 0 aliphatic heterocycles. The van der Waals surface area contributed by atoms with Gasteiger partial charge in [0.05, 0.1) is 18.1 Å². The van der Waals surface area contributed by atoms with E-state index >= 15 is 0 Å². The molecular weight excluding hydrogens is 356 g/mol. The zero-order valence-electron chi connectivity index (χ0n) is 15.0. The normalized spacial score (nSPS) is 10.1. The van der Waals surface area contributed by atoms with Gasteiger partial charge in [0.15, 0.2) is 0 Å². The molecule has 1 aromatic heterocycles. The fourth-order valence-electron chi connectivity index (χ4n) is 2.38. The molecule has 2 aromatic carbocycles. The Labute approximate surface area is 162 Å². The number of nitrogens with one attached hydrogen (secondary N) is 1. The molecule has 1 heterocycles. The first-order chi connectivity index (χ1) is 13.6. The largest absolute Gasteiger partial charge is 0.461 e. The first-order valence-corrected chi connectivity index (χ1v) is 8.59. The number of benzene rings is 2. The van der Waals surface area contributed by atoms with Gasteiger partial charge >= 0.3 is 5.97 Å². The lowest BCUT2D eigenvalue weighted by molar-refractivity contribution is -0.144. The number of ether oxygens (including phenoxy) is 1. The number of carbonyl (C=O) groups is 1. The van der Waals surface area contributed by atoms with E-state index in [0.717, 1.165) is 11.3 Å². The van der Waals surface area contributed by atoms with Crippen LogP contribution >= 0.6 is 0 Å². The van der Waals surface area contributed by atoms with Gasteiger partial charge in [-0.2, -0.15) is 20.2 Å². The zero-order valence-corrected chi connectivity index (χ0v) is 15.0. The zero-order chi connectivity index (χ0) is 19.8. The lowest BCUT2D eigenvalue weighted by atomic mass is 10.2. The summed E-state index contributed by atoms with van der Waals surface area (Å²) >= 11 is 0. The van der Waals surface area contributed by atoms with E-state index in [2.05, 4.69) is 20.3 Å². The number of nitrogens with zero attached hydrogens (tertiary/aromatic N) is 4. The second kappa shape index (κ2) is 9.09. The number of hydrogen-bond donors (Lipinski definition) is 2. The number of esters is 1. The van der Waals surface area contributed by atoms with E-state index in [0.29, 0.717) is 17.3 Å². The minimum absolute atomic E-state index is 0.0781. The summed E-state index contributed by atoms with van der Waals surface area (Å²) in [4.78, 5) is 24.4. The van der Waals surface area contributed by atoms with Gasteiger partial charge < -0.3 is 15.8 Å². The number of nitrogens with two attached hydrogens (primary N) is 1. The molecule has 0 fully saturated rings. The maximum Gasteiger partial charge on any atom is 0.306 e. The third-order valence-corrected chi connectivity index (χ3v) is 3.76. The second-order valence-electron chi connectivity index (χ2n) is 5.89. The molecule has 0 aliphatic carbocycles. The van der Waals surface area contributed by atoms with Crippen molar-refractivity contribution in [2.24, 2.45) is 0 Å². The molecule has 0 atom stereocenters. The summed E-state index contributed by atoms with van der Waals surface area (Å²) in [6.45, 7) is 0.144. The van der Waals surface area contributed by atoms with E-state index in [4.69, 9.17) is 15.7 Å². The quantitative estimate of drug-likeness (QED) is 0.604. The van der Waals surface area contributed by atoms with Crippen LogP contribution in [0.15, 0.2) is 54.6 Å². The minimum atomic E-state index is -0.374. The van der Waals surface area contributed by atoms with Crippen molar-refractivity contribution in [2.75, 3.05) is 11.1 Å². The molecule has 0 saturated carbocycles. The van der Waals surface area contributed by atoms with Gasteiger partial charge in [-0.25, -0.2) is 0 Å². The summed E-state index contributed by atoms with van der Waals surface area (Å²) in [7, 11) is 0. The Hall–Kier alpha value is -3.99. The highest BCUT2D eigenvalue weighted by Crippen LogP contribution is 2.13. The Morgan fingerprint density at radius 3 is 2.54 bits per heavy atom. The summed E-state index contributed by atoms with van der Waals surface area (Å²) in [5.74, 6) is 0.427. The summed E-state index contributed by atoms with van der Waals surface area (Å²) < 4.78 is 5.24. The van der Waals surface area contributed by atoms with E-state index < -0.39 is 0 Å². The second-order valence-corrected chi connectivity index (χ2v) is 5.89. The van der Waals surface area contributed by atoms with Gasteiger partial charge in [-0.1, -0.05) is 30.3 Å². The van der Waals surface area contributed by atoms with E-state index in [9.17, 15) is 4.79 Å². The average molecular weight is 374 g/mol. The highest BCUT2D eigenvalue weighted by molar-refractivity contribution is 5.69. The summed E-state index contributed by atoms with van der Waals surface area (Å²) in [6.07, 6.45) is 0.396. The summed E-state index contributed by atoms with van der Waals surface area (Å²) in [5, 5.41) is 11.8. The number of nitriles is 1. The molecular formula is C20H18N6O2. The molecule has 8 nitrogen and oxygen atoms in total. The topological polar surface area (TPSA) is 127 Å². The third kappa shape index (κ3) is 5.51. The van der Waals surface area contributed by atoms with Crippen LogP contribution in [0.4, 0.5) is 17.6 Å². The Balaban J connectivity index is 1.53. The molecule has 0 radical (unpaired) electrons. The van der Waals surface area contributed by atoms with Crippen molar-refractivity contribution in [3.63, 3.8) is 0 Å². The highest BCUT2D eigenvalue weighted by atomic mass is 16.5. The van der Waals surface area contributed by atoms with Gasteiger partial charge in [0.2, 0.25) is 11.9 Å². The molecule has 28 heavy (non-hydrogen) atoms. The van der Waals surface area contributed by atoms with Crippen LogP contribution in [0.1, 0.15) is 23.4 Å². The van der Waals surface area contributed by atoms with Crippen molar-refractivity contribution in [3.8, 4) is 6.07 Å². The number of aryl methyl sites for hydroxylation is 1. The van der Waals surface area contributed by atoms with Crippen LogP contribution in [0.2, 0.25) is 0 Å². The van der Waals surface area contributed by atoms with Crippen LogP contribution in [0.25, 0.3) is 0 Å². The molecule has 3 aromatic rings. The van der Waals surface area contributed by atoms with Crippen molar-refractivity contribution in [1.29, 1.82) is 5.26 Å². The first-order valence-electron chi connectivity index (χ1n) is 8.59. The van der Waals surface area contributed by atoms with Gasteiger partial charge in [0, 0.05) is 12.1 Å². The number of para-hydroxylation sites is 1. The highest BCUT2D eigenvalue weighted by Gasteiger charge is 2.09. The Morgan fingerprint density at radius 1 is 1.07 bits per heavy atom. The standard InChI is InChI=1S/C20H18N6O2/c21-12-14-6-8-15(9-7-14)13-28-18(27)11-10-17-24-19(22)26-20(25-17)23-16-4-2-1-3-5-16/h1-9H,10-11,13H2,(H3,22,23,24,25,26). The van der Waals surface area contributed by atoms with Crippen LogP contribution in [0.3, 0.4) is 0 Å². The molecule has 140 valence electrons. The fraction of sp³-hybridized carbons (Fsp3) is 0.150. The molecule has 0 bridgehead atoms. The van der Waals surface area contributed by atoms with Crippen LogP contribution in [-0.4, -0.2) is 20.9 Å². The SMILES string of the molecule is N#Cc1ccc(COC(=O)CCc2nc(N)nc(Nc3ccccc3)n2)cc1. The van der Waals surface area contributed by atoms with Gasteiger partial charge in [0.1, 0.15) is 12.4 Å². The number of rotatable bonds is 7. The smallest absolute Gasteiger partial charge is 0.306 e. The Bertz CT molecular complexity index is 984. The van der Waals surface area contributed by atoms with E-state index in [1.807, 2.05) is 36.4 Å². The van der Waals surface area contributed by atoms with Crippen molar-refractivity contribution >= 4 is 23.6 Å². The molecule has 3 rings (SSSR count). The van der Waals surface area contributed by atoms with Crippen LogP contribution in [-0.2, 0) is 22.6 Å². The molecule has 3 N–H and O–H groups in total. The number of nitrogen functional groups attached to an aromatic ring is 1. The maximum absolute atomic E-state index is 12.0.